The highest BCUT2D eigenvalue weighted by molar-refractivity contribution is 9.11. The molecular formula is C9H11Br2NO3S. The summed E-state index contributed by atoms with van der Waals surface area (Å²) in [4.78, 5) is 0. The topological polar surface area (TPSA) is 66.4 Å². The van der Waals surface area contributed by atoms with Gasteiger partial charge in [-0.15, -0.1) is 0 Å². The van der Waals surface area contributed by atoms with Gasteiger partial charge in [-0.1, -0.05) is 6.07 Å². The van der Waals surface area contributed by atoms with Crippen LogP contribution < -0.4 is 4.72 Å². The number of hydrogen-bond acceptors (Lipinski definition) is 3. The highest BCUT2D eigenvalue weighted by Crippen LogP contribution is 2.31. The van der Waals surface area contributed by atoms with Crippen molar-refractivity contribution < 1.29 is 13.5 Å². The summed E-state index contributed by atoms with van der Waals surface area (Å²) in [6.07, 6.45) is 0.220. The first-order valence-electron chi connectivity index (χ1n) is 4.51. The highest BCUT2D eigenvalue weighted by Gasteiger charge is 2.13. The molecule has 1 aromatic rings. The molecule has 0 aliphatic rings. The second-order valence-corrected chi connectivity index (χ2v) is 6.65. The lowest BCUT2D eigenvalue weighted by molar-refractivity contribution is 0.295. The van der Waals surface area contributed by atoms with E-state index in [-0.39, 0.29) is 18.8 Å². The second kappa shape index (κ2) is 6.00. The zero-order chi connectivity index (χ0) is 12.2. The molecule has 0 aliphatic heterocycles. The van der Waals surface area contributed by atoms with Crippen LogP contribution in [0.5, 0.6) is 0 Å². The predicted octanol–water partition coefficient (Wildman–Crippen LogP) is 2.34. The summed E-state index contributed by atoms with van der Waals surface area (Å²) in [7, 11) is -3.41. The molecule has 0 saturated carbocycles. The lowest BCUT2D eigenvalue weighted by Gasteiger charge is -2.10. The summed E-state index contributed by atoms with van der Waals surface area (Å²) in [5.74, 6) is -0.0999. The Kier molecular flexibility index (Phi) is 5.23. The predicted molar refractivity (Wildman–Crippen MR) is 71.0 cm³/mol. The average Bonchev–Trinajstić information content (AvgIpc) is 2.21. The monoisotopic (exact) mass is 371 g/mol. The van der Waals surface area contributed by atoms with E-state index in [1.165, 1.54) is 0 Å². The standard InChI is InChI=1S/C9H11Br2NO3S/c10-7-3-1-4-8(11)9(7)12-16(14,15)6-2-5-13/h1,3-4,12-13H,2,5-6H2. The van der Waals surface area contributed by atoms with E-state index < -0.39 is 10.0 Å². The van der Waals surface area contributed by atoms with Crippen molar-refractivity contribution in [2.75, 3.05) is 17.1 Å². The van der Waals surface area contributed by atoms with Crippen molar-refractivity contribution in [3.05, 3.63) is 27.1 Å². The van der Waals surface area contributed by atoms with Gasteiger partial charge in [0.15, 0.2) is 0 Å². The van der Waals surface area contributed by atoms with Crippen molar-refractivity contribution >= 4 is 47.6 Å². The summed E-state index contributed by atoms with van der Waals surface area (Å²) in [6, 6.07) is 5.28. The molecule has 0 saturated heterocycles. The van der Waals surface area contributed by atoms with E-state index in [0.717, 1.165) is 0 Å². The molecule has 2 N–H and O–H groups in total. The molecule has 0 heterocycles. The van der Waals surface area contributed by atoms with Crippen molar-refractivity contribution in [2.24, 2.45) is 0 Å². The molecule has 0 aromatic heterocycles. The van der Waals surface area contributed by atoms with Gasteiger partial charge in [-0.3, -0.25) is 4.72 Å². The SMILES string of the molecule is O=S(=O)(CCCO)Nc1c(Br)cccc1Br. The Balaban J connectivity index is 2.88. The first kappa shape index (κ1) is 14.0. The summed E-state index contributed by atoms with van der Waals surface area (Å²) >= 11 is 6.52. The van der Waals surface area contributed by atoms with Crippen LogP contribution in [0.4, 0.5) is 5.69 Å². The number of hydrogen-bond donors (Lipinski definition) is 2. The zero-order valence-corrected chi connectivity index (χ0v) is 12.3. The molecule has 16 heavy (non-hydrogen) atoms. The molecule has 0 atom stereocenters. The molecule has 1 aromatic carbocycles. The molecule has 7 heteroatoms. The molecule has 1 rings (SSSR count). The van der Waals surface area contributed by atoms with Crippen molar-refractivity contribution in [3.63, 3.8) is 0 Å². The van der Waals surface area contributed by atoms with Gasteiger partial charge in [0.05, 0.1) is 11.4 Å². The number of sulfonamides is 1. The third kappa shape index (κ3) is 4.04. The first-order valence-corrected chi connectivity index (χ1v) is 7.75. The van der Waals surface area contributed by atoms with Gasteiger partial charge in [0.2, 0.25) is 10.0 Å². The second-order valence-electron chi connectivity index (χ2n) is 3.09. The van der Waals surface area contributed by atoms with Crippen LogP contribution in [0.15, 0.2) is 27.1 Å². The van der Waals surface area contributed by atoms with Crippen LogP contribution in [-0.2, 0) is 10.0 Å². The largest absolute Gasteiger partial charge is 0.396 e. The molecule has 0 bridgehead atoms. The van der Waals surface area contributed by atoms with Crippen LogP contribution in [0.2, 0.25) is 0 Å². The van der Waals surface area contributed by atoms with Gasteiger partial charge >= 0.3 is 0 Å². The summed E-state index contributed by atoms with van der Waals surface area (Å²) in [5, 5.41) is 8.59. The van der Waals surface area contributed by atoms with Crippen molar-refractivity contribution in [1.82, 2.24) is 0 Å². The number of benzene rings is 1. The van der Waals surface area contributed by atoms with E-state index in [0.29, 0.717) is 14.6 Å². The number of halogens is 2. The fourth-order valence-corrected chi connectivity index (χ4v) is 3.66. The molecule has 0 aliphatic carbocycles. The van der Waals surface area contributed by atoms with Crippen LogP contribution in [0.25, 0.3) is 0 Å². The molecule has 90 valence electrons. The van der Waals surface area contributed by atoms with Gasteiger partial charge in [0.25, 0.3) is 0 Å². The fraction of sp³-hybridized carbons (Fsp3) is 0.333. The normalized spacial score (nSPS) is 11.4. The van der Waals surface area contributed by atoms with Gasteiger partial charge in [-0.05, 0) is 50.4 Å². The smallest absolute Gasteiger partial charge is 0.232 e. The Morgan fingerprint density at radius 3 is 2.31 bits per heavy atom. The molecular weight excluding hydrogens is 362 g/mol. The molecule has 0 amide bonds. The van der Waals surface area contributed by atoms with Crippen LogP contribution in [-0.4, -0.2) is 25.9 Å². The summed E-state index contributed by atoms with van der Waals surface area (Å²) in [6.45, 7) is -0.141. The van der Waals surface area contributed by atoms with Gasteiger partial charge in [-0.2, -0.15) is 0 Å². The van der Waals surface area contributed by atoms with Crippen molar-refractivity contribution in [2.45, 2.75) is 6.42 Å². The zero-order valence-electron chi connectivity index (χ0n) is 8.28. The van der Waals surface area contributed by atoms with E-state index in [4.69, 9.17) is 5.11 Å². The summed E-state index contributed by atoms with van der Waals surface area (Å²) < 4.78 is 27.0. The van der Waals surface area contributed by atoms with Crippen LogP contribution in [0.1, 0.15) is 6.42 Å². The highest BCUT2D eigenvalue weighted by atomic mass is 79.9. The average molecular weight is 373 g/mol. The van der Waals surface area contributed by atoms with Crippen LogP contribution in [0, 0.1) is 0 Å². The summed E-state index contributed by atoms with van der Waals surface area (Å²) in [5.41, 5.74) is 0.473. The van der Waals surface area contributed by atoms with E-state index in [2.05, 4.69) is 36.6 Å². The number of anilines is 1. The molecule has 0 radical (unpaired) electrons. The third-order valence-corrected chi connectivity index (χ3v) is 4.45. The number of nitrogens with one attached hydrogen (secondary N) is 1. The number of aliphatic hydroxyl groups excluding tert-OH is 1. The van der Waals surface area contributed by atoms with E-state index in [1.807, 2.05) is 0 Å². The van der Waals surface area contributed by atoms with Gasteiger partial charge in [0, 0.05) is 15.6 Å². The maximum Gasteiger partial charge on any atom is 0.232 e. The molecule has 4 nitrogen and oxygen atoms in total. The first-order chi connectivity index (χ1) is 7.46. The number of aliphatic hydroxyl groups is 1. The van der Waals surface area contributed by atoms with Crippen molar-refractivity contribution in [3.8, 4) is 0 Å². The maximum atomic E-state index is 11.6. The Bertz CT molecular complexity index is 442. The Morgan fingerprint density at radius 2 is 1.81 bits per heavy atom. The minimum Gasteiger partial charge on any atom is -0.396 e. The van der Waals surface area contributed by atoms with E-state index >= 15 is 0 Å². The minimum atomic E-state index is -3.41. The van der Waals surface area contributed by atoms with E-state index in [9.17, 15) is 8.42 Å². The molecule has 0 unspecified atom stereocenters. The molecule has 0 fully saturated rings. The lowest BCUT2D eigenvalue weighted by Crippen LogP contribution is -2.18. The lowest BCUT2D eigenvalue weighted by atomic mass is 10.3. The van der Waals surface area contributed by atoms with Crippen molar-refractivity contribution in [1.29, 1.82) is 0 Å². The Hall–Kier alpha value is -0.110. The Labute approximate surface area is 111 Å². The minimum absolute atomic E-state index is 0.0999. The maximum absolute atomic E-state index is 11.6. The van der Waals surface area contributed by atoms with E-state index in [1.54, 1.807) is 18.2 Å². The Morgan fingerprint density at radius 1 is 1.25 bits per heavy atom. The van der Waals surface area contributed by atoms with Gasteiger partial charge in [0.1, 0.15) is 0 Å². The molecule has 0 spiro atoms. The van der Waals surface area contributed by atoms with Gasteiger partial charge < -0.3 is 5.11 Å². The fourth-order valence-electron chi connectivity index (χ4n) is 1.06. The number of para-hydroxylation sites is 1. The van der Waals surface area contributed by atoms with Crippen LogP contribution in [0.3, 0.4) is 0 Å². The van der Waals surface area contributed by atoms with Crippen LogP contribution >= 0.6 is 31.9 Å². The number of rotatable bonds is 5. The van der Waals surface area contributed by atoms with Gasteiger partial charge in [-0.25, -0.2) is 8.42 Å². The third-order valence-electron chi connectivity index (χ3n) is 1.79. The quantitative estimate of drug-likeness (QED) is 0.833.